The first kappa shape index (κ1) is 21.1. The summed E-state index contributed by atoms with van der Waals surface area (Å²) in [6, 6.07) is 14.0. The van der Waals surface area contributed by atoms with Crippen molar-refractivity contribution >= 4 is 15.9 Å². The molecule has 0 saturated heterocycles. The maximum atomic E-state index is 12.2. The SMILES string of the molecule is COCCNS(=O)(=O)c1ccc(CNC(=O)c2ccc(C(C)C)cc2)cc1. The van der Waals surface area contributed by atoms with Crippen LogP contribution in [0.3, 0.4) is 0 Å². The van der Waals surface area contributed by atoms with Crippen LogP contribution in [0.1, 0.15) is 41.3 Å². The fourth-order valence-corrected chi connectivity index (χ4v) is 3.46. The molecule has 2 N–H and O–H groups in total. The van der Waals surface area contributed by atoms with Gasteiger partial charge in [-0.1, -0.05) is 38.1 Å². The summed E-state index contributed by atoms with van der Waals surface area (Å²) in [4.78, 5) is 12.4. The first-order valence-corrected chi connectivity index (χ1v) is 10.3. The second-order valence-electron chi connectivity index (χ2n) is 6.49. The van der Waals surface area contributed by atoms with Crippen molar-refractivity contribution in [3.63, 3.8) is 0 Å². The van der Waals surface area contributed by atoms with Gasteiger partial charge in [-0.25, -0.2) is 13.1 Å². The fourth-order valence-electron chi connectivity index (χ4n) is 2.45. The Kier molecular flexibility index (Phi) is 7.53. The zero-order chi connectivity index (χ0) is 19.9. The summed E-state index contributed by atoms with van der Waals surface area (Å²) in [5.74, 6) is 0.254. The highest BCUT2D eigenvalue weighted by Crippen LogP contribution is 2.15. The van der Waals surface area contributed by atoms with E-state index in [2.05, 4.69) is 23.9 Å². The van der Waals surface area contributed by atoms with Crippen LogP contribution in [0, 0.1) is 0 Å². The van der Waals surface area contributed by atoms with Gasteiger partial charge in [-0.3, -0.25) is 4.79 Å². The van der Waals surface area contributed by atoms with Crippen LogP contribution in [0.25, 0.3) is 0 Å². The molecule has 0 aliphatic rings. The van der Waals surface area contributed by atoms with Gasteiger partial charge in [0.05, 0.1) is 11.5 Å². The Morgan fingerprint density at radius 1 is 1.04 bits per heavy atom. The van der Waals surface area contributed by atoms with E-state index < -0.39 is 10.0 Å². The average Bonchev–Trinajstić information content (AvgIpc) is 2.66. The van der Waals surface area contributed by atoms with Gasteiger partial charge in [0.2, 0.25) is 10.0 Å². The van der Waals surface area contributed by atoms with Crippen LogP contribution in [-0.2, 0) is 21.3 Å². The quantitative estimate of drug-likeness (QED) is 0.645. The van der Waals surface area contributed by atoms with Crippen LogP contribution in [-0.4, -0.2) is 34.6 Å². The molecule has 27 heavy (non-hydrogen) atoms. The zero-order valence-electron chi connectivity index (χ0n) is 15.9. The van der Waals surface area contributed by atoms with Crippen molar-refractivity contribution in [1.82, 2.24) is 10.0 Å². The molecule has 0 atom stereocenters. The number of rotatable bonds is 9. The predicted octanol–water partition coefficient (Wildman–Crippen LogP) is 2.66. The van der Waals surface area contributed by atoms with Crippen LogP contribution in [0.5, 0.6) is 0 Å². The zero-order valence-corrected chi connectivity index (χ0v) is 16.7. The van der Waals surface area contributed by atoms with E-state index >= 15 is 0 Å². The third kappa shape index (κ3) is 6.16. The molecule has 0 fully saturated rings. The molecule has 0 radical (unpaired) electrons. The summed E-state index contributed by atoms with van der Waals surface area (Å²) in [5.41, 5.74) is 2.60. The highest BCUT2D eigenvalue weighted by atomic mass is 32.2. The number of carbonyl (C=O) groups excluding carboxylic acids is 1. The van der Waals surface area contributed by atoms with Gasteiger partial charge in [-0.05, 0) is 41.3 Å². The number of methoxy groups -OCH3 is 1. The lowest BCUT2D eigenvalue weighted by molar-refractivity contribution is 0.0951. The minimum Gasteiger partial charge on any atom is -0.383 e. The van der Waals surface area contributed by atoms with E-state index in [0.29, 0.717) is 24.6 Å². The molecule has 2 rings (SSSR count). The van der Waals surface area contributed by atoms with Gasteiger partial charge in [0.1, 0.15) is 0 Å². The van der Waals surface area contributed by atoms with E-state index in [1.54, 1.807) is 12.1 Å². The van der Waals surface area contributed by atoms with E-state index in [-0.39, 0.29) is 17.3 Å². The third-order valence-electron chi connectivity index (χ3n) is 4.12. The molecule has 0 spiro atoms. The normalized spacial score (nSPS) is 11.6. The number of benzene rings is 2. The Labute approximate surface area is 161 Å². The maximum Gasteiger partial charge on any atom is 0.251 e. The first-order chi connectivity index (χ1) is 12.8. The Morgan fingerprint density at radius 3 is 2.22 bits per heavy atom. The Hall–Kier alpha value is -2.22. The van der Waals surface area contributed by atoms with Crippen molar-refractivity contribution in [2.24, 2.45) is 0 Å². The summed E-state index contributed by atoms with van der Waals surface area (Å²) >= 11 is 0. The number of ether oxygens (including phenoxy) is 1. The minimum atomic E-state index is -3.55. The standard InChI is InChI=1S/C20H26N2O4S/c1-15(2)17-6-8-18(9-7-17)20(23)21-14-16-4-10-19(11-5-16)27(24,25)22-12-13-26-3/h4-11,15,22H,12-14H2,1-3H3,(H,21,23). The molecule has 0 bridgehead atoms. The molecule has 0 aliphatic carbocycles. The molecule has 7 heteroatoms. The molecular formula is C20H26N2O4S. The lowest BCUT2D eigenvalue weighted by Crippen LogP contribution is -2.27. The summed E-state index contributed by atoms with van der Waals surface area (Å²) in [7, 11) is -2.04. The van der Waals surface area contributed by atoms with Crippen molar-refractivity contribution in [2.45, 2.75) is 31.2 Å². The molecule has 2 aromatic carbocycles. The second-order valence-corrected chi connectivity index (χ2v) is 8.26. The monoisotopic (exact) mass is 390 g/mol. The molecule has 0 heterocycles. The average molecular weight is 391 g/mol. The van der Waals surface area contributed by atoms with Crippen LogP contribution < -0.4 is 10.0 Å². The van der Waals surface area contributed by atoms with Crippen molar-refractivity contribution < 1.29 is 17.9 Å². The van der Waals surface area contributed by atoms with Gasteiger partial charge in [-0.15, -0.1) is 0 Å². The van der Waals surface area contributed by atoms with Gasteiger partial charge in [0.15, 0.2) is 0 Å². The Balaban J connectivity index is 1.93. The third-order valence-corrected chi connectivity index (χ3v) is 5.60. The highest BCUT2D eigenvalue weighted by Gasteiger charge is 2.13. The Bertz CT molecular complexity index is 845. The molecular weight excluding hydrogens is 364 g/mol. The second kappa shape index (κ2) is 9.64. The van der Waals surface area contributed by atoms with E-state index in [1.807, 2.05) is 24.3 Å². The van der Waals surface area contributed by atoms with Crippen molar-refractivity contribution in [2.75, 3.05) is 20.3 Å². The summed E-state index contributed by atoms with van der Waals surface area (Å²) < 4.78 is 31.5. The van der Waals surface area contributed by atoms with Gasteiger partial charge in [0.25, 0.3) is 5.91 Å². The minimum absolute atomic E-state index is 0.164. The molecule has 6 nitrogen and oxygen atoms in total. The smallest absolute Gasteiger partial charge is 0.251 e. The predicted molar refractivity (Wildman–Crippen MR) is 105 cm³/mol. The van der Waals surface area contributed by atoms with Gasteiger partial charge >= 0.3 is 0 Å². The van der Waals surface area contributed by atoms with E-state index in [0.717, 1.165) is 5.56 Å². The van der Waals surface area contributed by atoms with Crippen LogP contribution in [0.15, 0.2) is 53.4 Å². The van der Waals surface area contributed by atoms with Crippen LogP contribution >= 0.6 is 0 Å². The lowest BCUT2D eigenvalue weighted by Gasteiger charge is -2.09. The van der Waals surface area contributed by atoms with E-state index in [9.17, 15) is 13.2 Å². The molecule has 0 saturated carbocycles. The van der Waals surface area contributed by atoms with Crippen molar-refractivity contribution in [3.05, 3.63) is 65.2 Å². The van der Waals surface area contributed by atoms with Crippen LogP contribution in [0.2, 0.25) is 0 Å². The number of hydrogen-bond donors (Lipinski definition) is 2. The lowest BCUT2D eigenvalue weighted by atomic mass is 10.0. The topological polar surface area (TPSA) is 84.5 Å². The molecule has 0 aliphatic heterocycles. The highest BCUT2D eigenvalue weighted by molar-refractivity contribution is 7.89. The molecule has 1 amide bonds. The number of sulfonamides is 1. The van der Waals surface area contributed by atoms with E-state index in [1.165, 1.54) is 24.8 Å². The molecule has 0 aromatic heterocycles. The van der Waals surface area contributed by atoms with Crippen molar-refractivity contribution in [1.29, 1.82) is 0 Å². The largest absolute Gasteiger partial charge is 0.383 e. The number of nitrogens with one attached hydrogen (secondary N) is 2. The molecule has 2 aromatic rings. The number of hydrogen-bond acceptors (Lipinski definition) is 4. The summed E-state index contributed by atoms with van der Waals surface area (Å²) in [6.07, 6.45) is 0. The van der Waals surface area contributed by atoms with Gasteiger partial charge in [0, 0.05) is 25.8 Å². The molecule has 0 unspecified atom stereocenters. The summed E-state index contributed by atoms with van der Waals surface area (Å²) in [6.45, 7) is 5.05. The number of amides is 1. The Morgan fingerprint density at radius 2 is 1.67 bits per heavy atom. The van der Waals surface area contributed by atoms with Crippen LogP contribution in [0.4, 0.5) is 0 Å². The van der Waals surface area contributed by atoms with E-state index in [4.69, 9.17) is 4.74 Å². The number of carbonyl (C=O) groups is 1. The fraction of sp³-hybridized carbons (Fsp3) is 0.350. The van der Waals surface area contributed by atoms with Crippen molar-refractivity contribution in [3.8, 4) is 0 Å². The first-order valence-electron chi connectivity index (χ1n) is 8.79. The van der Waals surface area contributed by atoms with Gasteiger partial charge < -0.3 is 10.1 Å². The maximum absolute atomic E-state index is 12.2. The summed E-state index contributed by atoms with van der Waals surface area (Å²) in [5, 5.41) is 2.84. The van der Waals surface area contributed by atoms with Gasteiger partial charge in [-0.2, -0.15) is 0 Å². The molecule has 146 valence electrons.